The van der Waals surface area contributed by atoms with Crippen LogP contribution in [0.5, 0.6) is 0 Å². The molecule has 1 N–H and O–H groups in total. The van der Waals surface area contributed by atoms with Crippen molar-refractivity contribution in [3.8, 4) is 11.3 Å². The first kappa shape index (κ1) is 17.6. The average molecular weight is 362 g/mol. The van der Waals surface area contributed by atoms with Crippen LogP contribution in [0.4, 0.5) is 11.8 Å². The molecule has 5 nitrogen and oxygen atoms in total. The molecule has 140 valence electrons. The Hall–Kier alpha value is -2.82. The van der Waals surface area contributed by atoms with Gasteiger partial charge in [0.1, 0.15) is 11.6 Å². The fraction of sp³-hybridized carbons (Fsp3) is 0.364. The van der Waals surface area contributed by atoms with Gasteiger partial charge < -0.3 is 14.6 Å². The van der Waals surface area contributed by atoms with Gasteiger partial charge in [-0.3, -0.25) is 0 Å². The Balaban J connectivity index is 1.67. The van der Waals surface area contributed by atoms with Gasteiger partial charge in [-0.25, -0.2) is 4.98 Å². The Morgan fingerprint density at radius 3 is 2.78 bits per heavy atom. The van der Waals surface area contributed by atoms with E-state index in [9.17, 15) is 0 Å². The summed E-state index contributed by atoms with van der Waals surface area (Å²) in [6.07, 6.45) is 6.51. The van der Waals surface area contributed by atoms with E-state index in [1.54, 1.807) is 6.26 Å². The number of hydrogen-bond acceptors (Lipinski definition) is 5. The molecule has 0 radical (unpaired) electrons. The van der Waals surface area contributed by atoms with Crippen LogP contribution in [0.2, 0.25) is 0 Å². The Labute approximate surface area is 160 Å². The number of hydrogen-bond donors (Lipinski definition) is 1. The summed E-state index contributed by atoms with van der Waals surface area (Å²) in [4.78, 5) is 12.1. The lowest BCUT2D eigenvalue weighted by atomic mass is 10.0. The van der Waals surface area contributed by atoms with Crippen LogP contribution < -0.4 is 10.2 Å². The molecule has 1 unspecified atom stereocenters. The summed E-state index contributed by atoms with van der Waals surface area (Å²) >= 11 is 0. The van der Waals surface area contributed by atoms with E-state index in [-0.39, 0.29) is 0 Å². The second-order valence-electron chi connectivity index (χ2n) is 6.99. The van der Waals surface area contributed by atoms with Crippen LogP contribution in [0.15, 0.2) is 59.2 Å². The Morgan fingerprint density at radius 2 is 2.00 bits per heavy atom. The van der Waals surface area contributed by atoms with E-state index < -0.39 is 0 Å². The fourth-order valence-corrected chi connectivity index (χ4v) is 3.69. The van der Waals surface area contributed by atoms with Crippen molar-refractivity contribution >= 4 is 11.8 Å². The van der Waals surface area contributed by atoms with Gasteiger partial charge in [-0.15, -0.1) is 0 Å². The summed E-state index contributed by atoms with van der Waals surface area (Å²) in [5.41, 5.74) is 2.05. The van der Waals surface area contributed by atoms with Crippen LogP contribution in [-0.2, 0) is 6.54 Å². The van der Waals surface area contributed by atoms with Crippen LogP contribution in [0.25, 0.3) is 11.3 Å². The minimum Gasteiger partial charge on any atom is -0.467 e. The van der Waals surface area contributed by atoms with Gasteiger partial charge in [-0.05, 0) is 37.8 Å². The van der Waals surface area contributed by atoms with Gasteiger partial charge in [0, 0.05) is 24.2 Å². The summed E-state index contributed by atoms with van der Waals surface area (Å²) in [5.74, 6) is 2.54. The smallest absolute Gasteiger partial charge is 0.228 e. The molecule has 1 aliphatic rings. The molecule has 3 heterocycles. The normalized spacial score (nSPS) is 17.1. The van der Waals surface area contributed by atoms with Crippen molar-refractivity contribution in [3.63, 3.8) is 0 Å². The predicted molar refractivity (Wildman–Crippen MR) is 109 cm³/mol. The first-order valence-corrected chi connectivity index (χ1v) is 9.81. The topological polar surface area (TPSA) is 54.2 Å². The Bertz CT molecular complexity index is 848. The molecule has 0 saturated carbocycles. The lowest BCUT2D eigenvalue weighted by Gasteiger charge is -2.35. The third-order valence-corrected chi connectivity index (χ3v) is 5.16. The van der Waals surface area contributed by atoms with Gasteiger partial charge in [-0.2, -0.15) is 4.98 Å². The molecular formula is C22H26N4O. The van der Waals surface area contributed by atoms with Crippen LogP contribution in [0, 0.1) is 0 Å². The van der Waals surface area contributed by atoms with E-state index in [0.29, 0.717) is 12.6 Å². The fourth-order valence-electron chi connectivity index (χ4n) is 3.69. The van der Waals surface area contributed by atoms with Gasteiger partial charge >= 0.3 is 0 Å². The zero-order valence-electron chi connectivity index (χ0n) is 15.8. The third kappa shape index (κ3) is 4.13. The first-order chi connectivity index (χ1) is 13.3. The zero-order chi connectivity index (χ0) is 18.5. The highest BCUT2D eigenvalue weighted by Gasteiger charge is 2.24. The molecule has 1 saturated heterocycles. The van der Waals surface area contributed by atoms with Gasteiger partial charge in [-0.1, -0.05) is 37.3 Å². The largest absolute Gasteiger partial charge is 0.467 e. The van der Waals surface area contributed by atoms with E-state index in [4.69, 9.17) is 14.4 Å². The predicted octanol–water partition coefficient (Wildman–Crippen LogP) is 5.12. The Kier molecular flexibility index (Phi) is 5.37. The lowest BCUT2D eigenvalue weighted by Crippen LogP contribution is -2.40. The quantitative estimate of drug-likeness (QED) is 0.660. The van der Waals surface area contributed by atoms with E-state index in [0.717, 1.165) is 41.7 Å². The maximum absolute atomic E-state index is 5.43. The van der Waals surface area contributed by atoms with Crippen molar-refractivity contribution in [3.05, 3.63) is 60.6 Å². The molecule has 1 aromatic carbocycles. The second kappa shape index (κ2) is 8.25. The lowest BCUT2D eigenvalue weighted by molar-refractivity contribution is 0.443. The van der Waals surface area contributed by atoms with Crippen molar-refractivity contribution < 1.29 is 4.42 Å². The maximum Gasteiger partial charge on any atom is 0.228 e. The molecule has 1 fully saturated rings. The summed E-state index contributed by atoms with van der Waals surface area (Å²) in [6.45, 7) is 3.88. The van der Waals surface area contributed by atoms with Crippen molar-refractivity contribution in [1.29, 1.82) is 0 Å². The molecule has 0 amide bonds. The third-order valence-electron chi connectivity index (χ3n) is 5.16. The molecule has 0 aliphatic carbocycles. The van der Waals surface area contributed by atoms with Crippen LogP contribution in [0.1, 0.15) is 38.4 Å². The number of benzene rings is 1. The van der Waals surface area contributed by atoms with Crippen molar-refractivity contribution in [2.24, 2.45) is 0 Å². The first-order valence-electron chi connectivity index (χ1n) is 9.81. The van der Waals surface area contributed by atoms with E-state index in [1.165, 1.54) is 19.3 Å². The molecule has 5 heteroatoms. The number of rotatable bonds is 6. The summed E-state index contributed by atoms with van der Waals surface area (Å²) in [7, 11) is 0. The van der Waals surface area contributed by atoms with E-state index in [2.05, 4.69) is 29.3 Å². The van der Waals surface area contributed by atoms with Crippen molar-refractivity contribution in [2.45, 2.75) is 45.2 Å². The monoisotopic (exact) mass is 362 g/mol. The Morgan fingerprint density at radius 1 is 1.11 bits per heavy atom. The van der Waals surface area contributed by atoms with E-state index >= 15 is 0 Å². The SMILES string of the molecule is CCC1CCCCN1c1nc(NCc2ccco2)cc(-c2ccccc2)n1. The van der Waals surface area contributed by atoms with Crippen LogP contribution in [0.3, 0.4) is 0 Å². The minimum atomic E-state index is 0.516. The molecule has 4 rings (SSSR count). The summed E-state index contributed by atoms with van der Waals surface area (Å²) in [5, 5.41) is 3.40. The number of nitrogens with one attached hydrogen (secondary N) is 1. The van der Waals surface area contributed by atoms with Gasteiger partial charge in [0.25, 0.3) is 0 Å². The van der Waals surface area contributed by atoms with E-state index in [1.807, 2.05) is 36.4 Å². The number of furan rings is 1. The van der Waals surface area contributed by atoms with Gasteiger partial charge in [0.2, 0.25) is 5.95 Å². The standard InChI is InChI=1S/C22H26N4O/c1-2-18-11-6-7-13-26(18)22-24-20(17-9-4-3-5-10-17)15-21(25-22)23-16-19-12-8-14-27-19/h3-5,8-10,12,14-15,18H,2,6-7,11,13,16H2,1H3,(H,23,24,25). The molecule has 0 bridgehead atoms. The van der Waals surface area contributed by atoms with Crippen molar-refractivity contribution in [1.82, 2.24) is 9.97 Å². The average Bonchev–Trinajstić information content (AvgIpc) is 3.26. The zero-order valence-corrected chi connectivity index (χ0v) is 15.8. The van der Waals surface area contributed by atoms with Gasteiger partial charge in [0.05, 0.1) is 18.5 Å². The number of nitrogens with zero attached hydrogens (tertiary/aromatic N) is 3. The van der Waals surface area contributed by atoms with Crippen LogP contribution in [-0.4, -0.2) is 22.6 Å². The minimum absolute atomic E-state index is 0.516. The highest BCUT2D eigenvalue weighted by atomic mass is 16.3. The summed E-state index contributed by atoms with van der Waals surface area (Å²) < 4.78 is 5.43. The second-order valence-corrected chi connectivity index (χ2v) is 6.99. The number of anilines is 2. The van der Waals surface area contributed by atoms with Gasteiger partial charge in [0.15, 0.2) is 0 Å². The molecule has 2 aromatic heterocycles. The van der Waals surface area contributed by atoms with Crippen LogP contribution >= 0.6 is 0 Å². The van der Waals surface area contributed by atoms with Crippen molar-refractivity contribution in [2.75, 3.05) is 16.8 Å². The molecule has 3 aromatic rings. The molecule has 27 heavy (non-hydrogen) atoms. The number of piperidine rings is 1. The highest BCUT2D eigenvalue weighted by molar-refractivity contribution is 5.64. The maximum atomic E-state index is 5.43. The molecule has 0 spiro atoms. The molecule has 1 atom stereocenters. The number of aromatic nitrogens is 2. The molecule has 1 aliphatic heterocycles. The highest BCUT2D eigenvalue weighted by Crippen LogP contribution is 2.28. The molecular weight excluding hydrogens is 336 g/mol. The summed E-state index contributed by atoms with van der Waals surface area (Å²) in [6, 6.07) is 16.7.